The Kier molecular flexibility index (Phi) is 5.13. The van der Waals surface area contributed by atoms with Gasteiger partial charge in [0.1, 0.15) is 0 Å². The highest BCUT2D eigenvalue weighted by Crippen LogP contribution is 2.19. The minimum absolute atomic E-state index is 0.173. The van der Waals surface area contributed by atoms with Gasteiger partial charge in [-0.05, 0) is 36.6 Å². The summed E-state index contributed by atoms with van der Waals surface area (Å²) in [6, 6.07) is 14.6. The van der Waals surface area contributed by atoms with Crippen LogP contribution in [0.5, 0.6) is 0 Å². The van der Waals surface area contributed by atoms with E-state index in [2.05, 4.69) is 10.4 Å². The summed E-state index contributed by atoms with van der Waals surface area (Å²) < 4.78 is 4.13. The van der Waals surface area contributed by atoms with Gasteiger partial charge >= 0.3 is 5.69 Å². The zero-order chi connectivity index (χ0) is 22.2. The van der Waals surface area contributed by atoms with Gasteiger partial charge in [-0.15, -0.1) is 5.10 Å². The lowest BCUT2D eigenvalue weighted by molar-refractivity contribution is 0.0928. The van der Waals surface area contributed by atoms with Crippen LogP contribution in [0, 0.1) is 0 Å². The third-order valence-electron chi connectivity index (χ3n) is 6.27. The largest absolute Gasteiger partial charge is 0.352 e. The topological polar surface area (TPSA) is 90.4 Å². The molecular weight excluding hydrogens is 406 g/mol. The molecule has 5 rings (SSSR count). The third-order valence-corrected chi connectivity index (χ3v) is 6.27. The van der Waals surface area contributed by atoms with Crippen molar-refractivity contribution in [2.75, 3.05) is 0 Å². The summed E-state index contributed by atoms with van der Waals surface area (Å²) in [5.41, 5.74) is 1.14. The summed E-state index contributed by atoms with van der Waals surface area (Å²) in [5.74, 6) is 0.0608. The Hall–Kier alpha value is -3.68. The molecule has 1 amide bonds. The molecule has 8 heteroatoms. The van der Waals surface area contributed by atoms with Crippen LogP contribution >= 0.6 is 0 Å². The normalized spacial score (nSPS) is 14.8. The van der Waals surface area contributed by atoms with Crippen LogP contribution in [0.3, 0.4) is 0 Å². The second kappa shape index (κ2) is 8.11. The minimum Gasteiger partial charge on any atom is -0.349 e. The van der Waals surface area contributed by atoms with E-state index in [1.54, 1.807) is 25.2 Å². The van der Waals surface area contributed by atoms with Crippen LogP contribution in [-0.2, 0) is 13.6 Å². The van der Waals surface area contributed by atoms with Crippen molar-refractivity contribution in [3.8, 4) is 0 Å². The number of carbonyl (C=O) groups excluding carboxylic acids is 1. The van der Waals surface area contributed by atoms with Crippen molar-refractivity contribution in [1.29, 1.82) is 0 Å². The molecule has 1 saturated carbocycles. The van der Waals surface area contributed by atoms with Gasteiger partial charge in [0.15, 0.2) is 0 Å². The van der Waals surface area contributed by atoms with Crippen molar-refractivity contribution in [1.82, 2.24) is 24.1 Å². The Morgan fingerprint density at radius 2 is 1.81 bits per heavy atom. The number of hydrogen-bond acceptors (Lipinski definition) is 4. The van der Waals surface area contributed by atoms with Crippen molar-refractivity contribution in [3.63, 3.8) is 0 Å². The van der Waals surface area contributed by atoms with Gasteiger partial charge in [-0.1, -0.05) is 49.6 Å². The van der Waals surface area contributed by atoms with Gasteiger partial charge in [0, 0.05) is 18.7 Å². The predicted molar refractivity (Wildman–Crippen MR) is 122 cm³/mol. The standard InChI is InChI=1S/C24H25N5O3/c1-27-22(31)19-13-12-17(21(30)25-18-10-6-3-7-11-18)14-20(19)29-23(27)26-28(24(29)32)15-16-8-4-2-5-9-16/h2,4-5,8-9,12-14,18H,3,6-7,10-11,15H2,1H3,(H,25,30). The molecule has 4 aromatic rings. The maximum atomic E-state index is 13.3. The molecule has 0 spiro atoms. The molecule has 2 aromatic heterocycles. The summed E-state index contributed by atoms with van der Waals surface area (Å²) in [6.07, 6.45) is 5.41. The van der Waals surface area contributed by atoms with Gasteiger partial charge < -0.3 is 5.32 Å². The molecule has 8 nitrogen and oxygen atoms in total. The smallest absolute Gasteiger partial charge is 0.349 e. The van der Waals surface area contributed by atoms with Gasteiger partial charge in [0.2, 0.25) is 5.78 Å². The zero-order valence-corrected chi connectivity index (χ0v) is 18.0. The number of rotatable bonds is 4. The Bertz CT molecular complexity index is 1430. The molecule has 164 valence electrons. The molecule has 1 aliphatic carbocycles. The molecule has 1 fully saturated rings. The van der Waals surface area contributed by atoms with Crippen LogP contribution in [0.4, 0.5) is 0 Å². The molecule has 2 aromatic carbocycles. The monoisotopic (exact) mass is 431 g/mol. The van der Waals surface area contributed by atoms with Crippen molar-refractivity contribution >= 4 is 22.6 Å². The van der Waals surface area contributed by atoms with E-state index >= 15 is 0 Å². The first-order valence-electron chi connectivity index (χ1n) is 11.0. The molecule has 0 unspecified atom stereocenters. The highest BCUT2D eigenvalue weighted by molar-refractivity contribution is 5.98. The number of hydrogen-bond donors (Lipinski definition) is 1. The van der Waals surface area contributed by atoms with Gasteiger partial charge in [-0.3, -0.25) is 14.2 Å². The lowest BCUT2D eigenvalue weighted by Gasteiger charge is -2.22. The molecule has 32 heavy (non-hydrogen) atoms. The molecular formula is C24H25N5O3. The van der Waals surface area contributed by atoms with Crippen LogP contribution in [0.1, 0.15) is 48.0 Å². The highest BCUT2D eigenvalue weighted by Gasteiger charge is 2.20. The number of nitrogens with one attached hydrogen (secondary N) is 1. The fourth-order valence-electron chi connectivity index (χ4n) is 4.51. The average Bonchev–Trinajstić information content (AvgIpc) is 3.14. The lowest BCUT2D eigenvalue weighted by atomic mass is 9.95. The summed E-state index contributed by atoms with van der Waals surface area (Å²) in [4.78, 5) is 39.0. The second-order valence-corrected chi connectivity index (χ2v) is 8.47. The molecule has 0 saturated heterocycles. The molecule has 0 aliphatic heterocycles. The Balaban J connectivity index is 1.61. The van der Waals surface area contributed by atoms with Gasteiger partial charge in [0.25, 0.3) is 11.5 Å². The minimum atomic E-state index is -0.353. The van der Waals surface area contributed by atoms with Gasteiger partial charge in [0.05, 0.1) is 17.4 Å². The maximum Gasteiger partial charge on any atom is 0.352 e. The molecule has 0 bridgehead atoms. The van der Waals surface area contributed by atoms with E-state index in [4.69, 9.17) is 0 Å². The van der Waals surface area contributed by atoms with Gasteiger partial charge in [-0.2, -0.15) is 0 Å². The zero-order valence-electron chi connectivity index (χ0n) is 18.0. The Labute approximate surface area is 184 Å². The Morgan fingerprint density at radius 1 is 1.06 bits per heavy atom. The van der Waals surface area contributed by atoms with Crippen LogP contribution in [0.2, 0.25) is 0 Å². The number of amides is 1. The lowest BCUT2D eigenvalue weighted by Crippen LogP contribution is -2.36. The summed E-state index contributed by atoms with van der Waals surface area (Å²) >= 11 is 0. The van der Waals surface area contributed by atoms with E-state index < -0.39 is 0 Å². The van der Waals surface area contributed by atoms with E-state index in [1.165, 1.54) is 20.1 Å². The second-order valence-electron chi connectivity index (χ2n) is 8.47. The number of aromatic nitrogens is 4. The maximum absolute atomic E-state index is 13.3. The van der Waals surface area contributed by atoms with Crippen molar-refractivity contribution in [2.24, 2.45) is 7.05 Å². The average molecular weight is 431 g/mol. The van der Waals surface area contributed by atoms with Gasteiger partial charge in [-0.25, -0.2) is 13.9 Å². The first kappa shape index (κ1) is 20.2. The molecule has 1 aliphatic rings. The number of nitrogens with zero attached hydrogens (tertiary/aromatic N) is 4. The van der Waals surface area contributed by atoms with Crippen LogP contribution in [0.25, 0.3) is 16.7 Å². The predicted octanol–water partition coefficient (Wildman–Crippen LogP) is 2.46. The van der Waals surface area contributed by atoms with Crippen molar-refractivity contribution in [3.05, 3.63) is 80.5 Å². The fraction of sp³-hybridized carbons (Fsp3) is 0.333. The summed E-state index contributed by atoms with van der Waals surface area (Å²) in [6.45, 7) is 0.291. The highest BCUT2D eigenvalue weighted by atomic mass is 16.2. The molecule has 1 N–H and O–H groups in total. The van der Waals surface area contributed by atoms with Crippen molar-refractivity contribution in [2.45, 2.75) is 44.7 Å². The van der Waals surface area contributed by atoms with Crippen LogP contribution < -0.4 is 16.6 Å². The first-order valence-corrected chi connectivity index (χ1v) is 11.0. The van der Waals surface area contributed by atoms with E-state index in [1.807, 2.05) is 30.3 Å². The number of aryl methyl sites for hydroxylation is 1. The third kappa shape index (κ3) is 3.51. The van der Waals surface area contributed by atoms with Crippen molar-refractivity contribution < 1.29 is 4.79 Å². The quantitative estimate of drug-likeness (QED) is 0.537. The fourth-order valence-corrected chi connectivity index (χ4v) is 4.51. The van der Waals surface area contributed by atoms with E-state index in [0.717, 1.165) is 31.2 Å². The molecule has 2 heterocycles. The Morgan fingerprint density at radius 3 is 2.56 bits per heavy atom. The van der Waals surface area contributed by atoms with Crippen LogP contribution in [0.15, 0.2) is 58.1 Å². The van der Waals surface area contributed by atoms with Crippen LogP contribution in [-0.4, -0.2) is 30.7 Å². The first-order chi connectivity index (χ1) is 15.5. The summed E-state index contributed by atoms with van der Waals surface area (Å²) in [5, 5.41) is 7.88. The SMILES string of the molecule is Cn1c(=O)c2ccc(C(=O)NC3CCCCC3)cc2n2c(=O)n(Cc3ccccc3)nc12. The molecule has 0 radical (unpaired) electrons. The number of fused-ring (bicyclic) bond motifs is 3. The van der Waals surface area contributed by atoms with E-state index in [-0.39, 0.29) is 29.0 Å². The van der Waals surface area contributed by atoms with E-state index in [9.17, 15) is 14.4 Å². The molecule has 0 atom stereocenters. The summed E-state index contributed by atoms with van der Waals surface area (Å²) in [7, 11) is 1.60. The number of benzene rings is 2. The van der Waals surface area contributed by atoms with E-state index in [0.29, 0.717) is 23.0 Å². The number of carbonyl (C=O) groups is 1.